The summed E-state index contributed by atoms with van der Waals surface area (Å²) in [6.07, 6.45) is 3.34. The smallest absolute Gasteiger partial charge is 0.244 e. The highest BCUT2D eigenvalue weighted by Gasteiger charge is 2.20. The number of nitrogens with one attached hydrogen (secondary N) is 1. The van der Waals surface area contributed by atoms with Crippen molar-refractivity contribution in [2.75, 3.05) is 12.8 Å². The van der Waals surface area contributed by atoms with Crippen LogP contribution in [0.25, 0.3) is 0 Å². The number of hydrogen-bond acceptors (Lipinski definition) is 5. The van der Waals surface area contributed by atoms with E-state index in [1.165, 1.54) is 19.2 Å². The average molecular weight is 296 g/mol. The van der Waals surface area contributed by atoms with Crippen molar-refractivity contribution in [1.29, 1.82) is 0 Å². The van der Waals surface area contributed by atoms with E-state index in [0.29, 0.717) is 11.5 Å². The molecule has 0 amide bonds. The summed E-state index contributed by atoms with van der Waals surface area (Å²) >= 11 is 0. The minimum absolute atomic E-state index is 0.00853. The first-order valence-electron chi connectivity index (χ1n) is 5.83. The Labute approximate surface area is 117 Å². The second-order valence-electron chi connectivity index (χ2n) is 4.19. The molecule has 0 radical (unpaired) electrons. The van der Waals surface area contributed by atoms with Crippen LogP contribution in [0.5, 0.6) is 5.75 Å². The van der Waals surface area contributed by atoms with Gasteiger partial charge in [0.25, 0.3) is 0 Å². The van der Waals surface area contributed by atoms with E-state index in [1.807, 2.05) is 0 Å². The van der Waals surface area contributed by atoms with E-state index in [4.69, 9.17) is 10.5 Å². The number of aryl methyl sites for hydroxylation is 1. The molecule has 0 saturated carbocycles. The quantitative estimate of drug-likeness (QED) is 0.782. The highest BCUT2D eigenvalue weighted by molar-refractivity contribution is 7.89. The van der Waals surface area contributed by atoms with Crippen LogP contribution in [0.4, 0.5) is 5.69 Å². The number of methoxy groups -OCH3 is 1. The second-order valence-corrected chi connectivity index (χ2v) is 5.92. The minimum atomic E-state index is -3.73. The summed E-state index contributed by atoms with van der Waals surface area (Å²) in [6.45, 7) is 0.0871. The molecule has 1 aromatic carbocycles. The Morgan fingerprint density at radius 3 is 2.80 bits per heavy atom. The van der Waals surface area contributed by atoms with Gasteiger partial charge in [-0.15, -0.1) is 0 Å². The number of nitrogens with two attached hydrogens (primary N) is 1. The van der Waals surface area contributed by atoms with Crippen LogP contribution in [-0.2, 0) is 23.6 Å². The number of hydrogen-bond donors (Lipinski definition) is 2. The van der Waals surface area contributed by atoms with Gasteiger partial charge in [-0.1, -0.05) is 0 Å². The lowest BCUT2D eigenvalue weighted by molar-refractivity contribution is 0.402. The summed E-state index contributed by atoms with van der Waals surface area (Å²) in [4.78, 5) is 4.06. The van der Waals surface area contributed by atoms with Gasteiger partial charge in [0.05, 0.1) is 13.7 Å². The van der Waals surface area contributed by atoms with Crippen molar-refractivity contribution in [2.24, 2.45) is 7.05 Å². The molecule has 0 aliphatic carbocycles. The molecular weight excluding hydrogens is 280 g/mol. The number of benzene rings is 1. The van der Waals surface area contributed by atoms with Gasteiger partial charge >= 0.3 is 0 Å². The Hall–Kier alpha value is -2.06. The van der Waals surface area contributed by atoms with Gasteiger partial charge in [0.15, 0.2) is 0 Å². The Bertz CT molecular complexity index is 709. The summed E-state index contributed by atoms with van der Waals surface area (Å²) in [6, 6.07) is 4.46. The van der Waals surface area contributed by atoms with E-state index >= 15 is 0 Å². The lowest BCUT2D eigenvalue weighted by Crippen LogP contribution is -2.25. The zero-order valence-electron chi connectivity index (χ0n) is 11.2. The number of imidazole rings is 1. The second kappa shape index (κ2) is 5.51. The first-order chi connectivity index (χ1) is 9.44. The number of sulfonamides is 1. The first-order valence-corrected chi connectivity index (χ1v) is 7.32. The average Bonchev–Trinajstić information content (AvgIpc) is 2.82. The Morgan fingerprint density at radius 1 is 1.45 bits per heavy atom. The lowest BCUT2D eigenvalue weighted by atomic mass is 10.3. The fraction of sp³-hybridized carbons (Fsp3) is 0.250. The molecule has 0 bridgehead atoms. The maximum Gasteiger partial charge on any atom is 0.244 e. The number of aromatic nitrogens is 2. The van der Waals surface area contributed by atoms with Gasteiger partial charge in [-0.25, -0.2) is 18.1 Å². The molecular formula is C12H16N4O3S. The third-order valence-corrected chi connectivity index (χ3v) is 4.24. The molecule has 108 valence electrons. The summed E-state index contributed by atoms with van der Waals surface area (Å²) in [7, 11) is -0.531. The molecule has 2 aromatic rings. The topological polar surface area (TPSA) is 99.2 Å². The van der Waals surface area contributed by atoms with Crippen molar-refractivity contribution in [3.05, 3.63) is 36.4 Å². The van der Waals surface area contributed by atoms with Gasteiger partial charge in [-0.3, -0.25) is 0 Å². The predicted molar refractivity (Wildman–Crippen MR) is 74.6 cm³/mol. The number of rotatable bonds is 5. The molecule has 0 saturated heterocycles. The van der Waals surface area contributed by atoms with Crippen LogP contribution >= 0.6 is 0 Å². The molecule has 0 aliphatic heterocycles. The van der Waals surface area contributed by atoms with Crippen LogP contribution in [0.15, 0.2) is 35.5 Å². The lowest BCUT2D eigenvalue weighted by Gasteiger charge is -2.11. The van der Waals surface area contributed by atoms with E-state index in [2.05, 4.69) is 9.71 Å². The minimum Gasteiger partial charge on any atom is -0.495 e. The number of ether oxygens (including phenoxy) is 1. The first kappa shape index (κ1) is 14.4. The summed E-state index contributed by atoms with van der Waals surface area (Å²) < 4.78 is 33.8. The summed E-state index contributed by atoms with van der Waals surface area (Å²) in [5.41, 5.74) is 5.98. The molecule has 8 heteroatoms. The van der Waals surface area contributed by atoms with Crippen molar-refractivity contribution in [1.82, 2.24) is 14.3 Å². The van der Waals surface area contributed by atoms with Crippen molar-refractivity contribution in [3.8, 4) is 5.75 Å². The molecule has 1 aromatic heterocycles. The summed E-state index contributed by atoms with van der Waals surface area (Å²) in [5, 5.41) is 0. The molecule has 2 rings (SSSR count). The fourth-order valence-electron chi connectivity index (χ4n) is 1.71. The number of anilines is 1. The molecule has 0 spiro atoms. The zero-order chi connectivity index (χ0) is 14.8. The van der Waals surface area contributed by atoms with Crippen LogP contribution in [0.2, 0.25) is 0 Å². The van der Waals surface area contributed by atoms with Crippen LogP contribution in [-0.4, -0.2) is 25.1 Å². The third-order valence-electron chi connectivity index (χ3n) is 2.82. The predicted octanol–water partition coefficient (Wildman–Crippen LogP) is 0.489. The largest absolute Gasteiger partial charge is 0.495 e. The highest BCUT2D eigenvalue weighted by Crippen LogP contribution is 2.25. The number of nitrogen functional groups attached to an aromatic ring is 1. The van der Waals surface area contributed by atoms with Gasteiger partial charge in [0, 0.05) is 25.1 Å². The van der Waals surface area contributed by atoms with E-state index in [9.17, 15) is 8.42 Å². The molecule has 0 unspecified atom stereocenters. The van der Waals surface area contributed by atoms with E-state index < -0.39 is 10.0 Å². The maximum absolute atomic E-state index is 12.3. The molecule has 0 fully saturated rings. The van der Waals surface area contributed by atoms with Gasteiger partial charge < -0.3 is 15.0 Å². The van der Waals surface area contributed by atoms with Crippen LogP contribution in [0, 0.1) is 0 Å². The number of nitrogens with zero attached hydrogens (tertiary/aromatic N) is 2. The Balaban J connectivity index is 2.26. The molecule has 7 nitrogen and oxygen atoms in total. The maximum atomic E-state index is 12.3. The van der Waals surface area contributed by atoms with Gasteiger partial charge in [0.2, 0.25) is 10.0 Å². The molecule has 20 heavy (non-hydrogen) atoms. The van der Waals surface area contributed by atoms with Crippen LogP contribution in [0.1, 0.15) is 5.82 Å². The standard InChI is InChI=1S/C12H16N4O3S/c1-16-6-5-14-12(16)8-15-20(17,18)11-7-9(13)3-4-10(11)19-2/h3-7,15H,8,13H2,1-2H3. The molecule has 1 heterocycles. The van der Waals surface area contributed by atoms with Crippen molar-refractivity contribution >= 4 is 15.7 Å². The van der Waals surface area contributed by atoms with Crippen LogP contribution < -0.4 is 15.2 Å². The third kappa shape index (κ3) is 2.91. The highest BCUT2D eigenvalue weighted by atomic mass is 32.2. The fourth-order valence-corrected chi connectivity index (χ4v) is 2.89. The molecule has 3 N–H and O–H groups in total. The van der Waals surface area contributed by atoms with E-state index in [1.54, 1.807) is 30.1 Å². The van der Waals surface area contributed by atoms with Gasteiger partial charge in [0.1, 0.15) is 16.5 Å². The Morgan fingerprint density at radius 2 is 2.20 bits per heavy atom. The summed E-state index contributed by atoms with van der Waals surface area (Å²) in [5.74, 6) is 0.850. The van der Waals surface area contributed by atoms with E-state index in [-0.39, 0.29) is 17.2 Å². The van der Waals surface area contributed by atoms with Gasteiger partial charge in [-0.2, -0.15) is 0 Å². The molecule has 0 aliphatic rings. The van der Waals surface area contributed by atoms with Gasteiger partial charge in [-0.05, 0) is 18.2 Å². The normalized spacial score (nSPS) is 11.5. The van der Waals surface area contributed by atoms with Crippen molar-refractivity contribution < 1.29 is 13.2 Å². The van der Waals surface area contributed by atoms with Crippen molar-refractivity contribution in [3.63, 3.8) is 0 Å². The molecule has 0 atom stereocenters. The Kier molecular flexibility index (Phi) is 3.96. The van der Waals surface area contributed by atoms with E-state index in [0.717, 1.165) is 0 Å². The van der Waals surface area contributed by atoms with Crippen LogP contribution in [0.3, 0.4) is 0 Å². The van der Waals surface area contributed by atoms with Crippen molar-refractivity contribution in [2.45, 2.75) is 11.4 Å². The monoisotopic (exact) mass is 296 g/mol. The SMILES string of the molecule is COc1ccc(N)cc1S(=O)(=O)NCc1nccn1C. The zero-order valence-corrected chi connectivity index (χ0v) is 12.0.